The summed E-state index contributed by atoms with van der Waals surface area (Å²) in [5.74, 6) is -0.699. The minimum absolute atomic E-state index is 0.415. The number of esters is 2. The van der Waals surface area contributed by atoms with E-state index in [1.54, 1.807) is 30.3 Å². The summed E-state index contributed by atoms with van der Waals surface area (Å²) in [5.41, 5.74) is 0. The largest absolute Gasteiger partial charge is 0.468 e. The lowest BCUT2D eigenvalue weighted by Gasteiger charge is -2.01. The van der Waals surface area contributed by atoms with Gasteiger partial charge < -0.3 is 9.47 Å². The third kappa shape index (κ3) is 2.40. The van der Waals surface area contributed by atoms with E-state index in [2.05, 4.69) is 4.74 Å². The van der Waals surface area contributed by atoms with Crippen molar-refractivity contribution in [1.82, 2.24) is 4.42 Å². The summed E-state index contributed by atoms with van der Waals surface area (Å²) >= 11 is 5.68. The Morgan fingerprint density at radius 1 is 1.18 bits per heavy atom. The van der Waals surface area contributed by atoms with Gasteiger partial charge in [0.15, 0.2) is 12.1 Å². The Hall–Kier alpha value is -1.59. The number of benzene rings is 1. The molecule has 1 unspecified atom stereocenters. The highest BCUT2D eigenvalue weighted by atomic mass is 35.5. The van der Waals surface area contributed by atoms with Crippen LogP contribution in [0.15, 0.2) is 30.3 Å². The highest BCUT2D eigenvalue weighted by molar-refractivity contribution is 6.20. The molecule has 0 N–H and O–H groups in total. The Balaban J connectivity index is 1.97. The molecule has 1 aromatic carbocycles. The molecule has 3 atom stereocenters. The quantitative estimate of drug-likeness (QED) is 0.349. The molecule has 17 heavy (non-hydrogen) atoms. The molecule has 1 aromatic rings. The molecule has 1 heterocycles. The van der Waals surface area contributed by atoms with Gasteiger partial charge in [-0.2, -0.15) is 4.42 Å². The number of ether oxygens (including phenoxy) is 2. The first kappa shape index (κ1) is 11.9. The molecule has 6 heteroatoms. The summed E-state index contributed by atoms with van der Waals surface area (Å²) in [6.07, 6.45) is 0. The average Bonchev–Trinajstić information content (AvgIpc) is 3.01. The standard InChI is InChI=1S/C11H10ClNO4/c1-16-10(14)8-9(13(8)12)11(15)17-7-5-3-2-4-6-7/h2-6,8-9H,1H3/t8-,9-,13?/m0/s1. The van der Waals surface area contributed by atoms with Gasteiger partial charge in [0.05, 0.1) is 7.11 Å². The Kier molecular flexibility index (Phi) is 3.31. The maximum atomic E-state index is 11.7. The Morgan fingerprint density at radius 2 is 1.76 bits per heavy atom. The summed E-state index contributed by atoms with van der Waals surface area (Å²) in [5, 5.41) is 0. The smallest absolute Gasteiger partial charge is 0.332 e. The normalized spacial score (nSPS) is 26.1. The number of rotatable bonds is 3. The molecular formula is C11H10ClNO4. The molecule has 1 saturated heterocycles. The molecule has 90 valence electrons. The molecule has 2 rings (SSSR count). The first-order chi connectivity index (χ1) is 8.15. The lowest BCUT2D eigenvalue weighted by molar-refractivity contribution is -0.142. The Bertz CT molecular complexity index is 436. The number of carbonyl (C=O) groups is 2. The van der Waals surface area contributed by atoms with Crippen LogP contribution in [-0.4, -0.2) is 35.6 Å². The van der Waals surface area contributed by atoms with E-state index in [0.717, 1.165) is 4.42 Å². The third-order valence-corrected chi connectivity index (χ3v) is 2.81. The number of hydrogen-bond acceptors (Lipinski definition) is 5. The van der Waals surface area contributed by atoms with Crippen LogP contribution in [0.1, 0.15) is 0 Å². The predicted molar refractivity (Wildman–Crippen MR) is 59.4 cm³/mol. The molecule has 0 radical (unpaired) electrons. The fourth-order valence-electron chi connectivity index (χ4n) is 1.45. The van der Waals surface area contributed by atoms with Gasteiger partial charge in [0.1, 0.15) is 5.75 Å². The van der Waals surface area contributed by atoms with E-state index in [1.165, 1.54) is 7.11 Å². The molecule has 0 aliphatic carbocycles. The maximum Gasteiger partial charge on any atom is 0.332 e. The van der Waals surface area contributed by atoms with Gasteiger partial charge in [-0.1, -0.05) is 18.2 Å². The third-order valence-electron chi connectivity index (χ3n) is 2.39. The topological polar surface area (TPSA) is 55.6 Å². The maximum absolute atomic E-state index is 11.7. The highest BCUT2D eigenvalue weighted by Gasteiger charge is 2.59. The number of hydrogen-bond donors (Lipinski definition) is 0. The van der Waals surface area contributed by atoms with Crippen LogP contribution in [0, 0.1) is 0 Å². The summed E-state index contributed by atoms with van der Waals surface area (Å²) in [4.78, 5) is 22.9. The average molecular weight is 256 g/mol. The molecule has 1 fully saturated rings. The molecule has 0 saturated carbocycles. The van der Waals surface area contributed by atoms with Gasteiger partial charge in [-0.05, 0) is 23.9 Å². The zero-order valence-corrected chi connectivity index (χ0v) is 9.76. The van der Waals surface area contributed by atoms with Crippen LogP contribution >= 0.6 is 11.8 Å². The second-order valence-corrected chi connectivity index (χ2v) is 3.88. The highest BCUT2D eigenvalue weighted by Crippen LogP contribution is 2.33. The van der Waals surface area contributed by atoms with Gasteiger partial charge in [-0.25, -0.2) is 4.79 Å². The van der Waals surface area contributed by atoms with E-state index in [0.29, 0.717) is 5.75 Å². The number of para-hydroxylation sites is 1. The van der Waals surface area contributed by atoms with Crippen molar-refractivity contribution in [3.8, 4) is 5.75 Å². The van der Waals surface area contributed by atoms with E-state index >= 15 is 0 Å². The minimum Gasteiger partial charge on any atom is -0.468 e. The number of nitrogens with zero attached hydrogens (tertiary/aromatic N) is 1. The van der Waals surface area contributed by atoms with Crippen LogP contribution < -0.4 is 4.74 Å². The van der Waals surface area contributed by atoms with Crippen LogP contribution in [0.25, 0.3) is 0 Å². The number of methoxy groups -OCH3 is 1. The van der Waals surface area contributed by atoms with Gasteiger partial charge in [0.25, 0.3) is 0 Å². The van der Waals surface area contributed by atoms with E-state index < -0.39 is 24.0 Å². The van der Waals surface area contributed by atoms with Crippen molar-refractivity contribution in [3.05, 3.63) is 30.3 Å². The van der Waals surface area contributed by atoms with Gasteiger partial charge in [-0.15, -0.1) is 0 Å². The van der Waals surface area contributed by atoms with Crippen molar-refractivity contribution in [3.63, 3.8) is 0 Å². The Labute approximate surface area is 103 Å². The predicted octanol–water partition coefficient (Wildman–Crippen LogP) is 0.972. The van der Waals surface area contributed by atoms with Crippen LogP contribution in [0.5, 0.6) is 5.75 Å². The first-order valence-corrected chi connectivity index (χ1v) is 5.27. The minimum atomic E-state index is -0.774. The zero-order valence-electron chi connectivity index (χ0n) is 9.00. The van der Waals surface area contributed by atoms with Gasteiger partial charge >= 0.3 is 11.9 Å². The summed E-state index contributed by atoms with van der Waals surface area (Å²) in [6, 6.07) is 7.05. The fourth-order valence-corrected chi connectivity index (χ4v) is 1.77. The molecule has 1 aliphatic heterocycles. The molecular weight excluding hydrogens is 246 g/mol. The van der Waals surface area contributed by atoms with Crippen LogP contribution in [-0.2, 0) is 14.3 Å². The molecule has 0 aromatic heterocycles. The molecule has 0 bridgehead atoms. The second-order valence-electron chi connectivity index (χ2n) is 3.49. The van der Waals surface area contributed by atoms with Crippen molar-refractivity contribution >= 4 is 23.7 Å². The first-order valence-electron chi connectivity index (χ1n) is 4.94. The Morgan fingerprint density at radius 3 is 2.35 bits per heavy atom. The van der Waals surface area contributed by atoms with E-state index in [4.69, 9.17) is 16.5 Å². The lowest BCUT2D eigenvalue weighted by atomic mass is 10.3. The number of halogens is 1. The fraction of sp³-hybridized carbons (Fsp3) is 0.273. The molecule has 0 amide bonds. The van der Waals surface area contributed by atoms with Gasteiger partial charge in [0, 0.05) is 0 Å². The summed E-state index contributed by atoms with van der Waals surface area (Å²) < 4.78 is 10.6. The summed E-state index contributed by atoms with van der Waals surface area (Å²) in [6.45, 7) is 0. The molecule has 1 aliphatic rings. The van der Waals surface area contributed by atoms with Crippen LogP contribution in [0.3, 0.4) is 0 Å². The van der Waals surface area contributed by atoms with Crippen molar-refractivity contribution in [1.29, 1.82) is 0 Å². The van der Waals surface area contributed by atoms with Crippen molar-refractivity contribution in [2.45, 2.75) is 12.1 Å². The van der Waals surface area contributed by atoms with Crippen molar-refractivity contribution < 1.29 is 19.1 Å². The zero-order chi connectivity index (χ0) is 12.4. The number of carbonyl (C=O) groups excluding carboxylic acids is 2. The molecule has 0 spiro atoms. The lowest BCUT2D eigenvalue weighted by Crippen LogP contribution is -2.21. The second kappa shape index (κ2) is 4.73. The van der Waals surface area contributed by atoms with Crippen molar-refractivity contribution in [2.24, 2.45) is 0 Å². The van der Waals surface area contributed by atoms with Gasteiger partial charge in [-0.3, -0.25) is 4.79 Å². The van der Waals surface area contributed by atoms with Crippen LogP contribution in [0.4, 0.5) is 0 Å². The molecule has 5 nitrogen and oxygen atoms in total. The summed E-state index contributed by atoms with van der Waals surface area (Å²) in [7, 11) is 1.24. The van der Waals surface area contributed by atoms with E-state index in [1.807, 2.05) is 0 Å². The van der Waals surface area contributed by atoms with E-state index in [-0.39, 0.29) is 0 Å². The SMILES string of the molecule is COC(=O)[C@@H]1[C@@H](C(=O)Oc2ccccc2)N1Cl. The van der Waals surface area contributed by atoms with E-state index in [9.17, 15) is 9.59 Å². The van der Waals surface area contributed by atoms with Gasteiger partial charge in [0.2, 0.25) is 0 Å². The van der Waals surface area contributed by atoms with Crippen molar-refractivity contribution in [2.75, 3.05) is 7.11 Å². The van der Waals surface area contributed by atoms with Crippen LogP contribution in [0.2, 0.25) is 0 Å². The monoisotopic (exact) mass is 255 g/mol.